The second-order valence-corrected chi connectivity index (χ2v) is 4.57. The fourth-order valence-corrected chi connectivity index (χ4v) is 1.98. The van der Waals surface area contributed by atoms with E-state index in [2.05, 4.69) is 9.97 Å². The van der Waals surface area contributed by atoms with Gasteiger partial charge in [-0.25, -0.2) is 14.8 Å². The SMILES string of the molecule is O=C(O)c1cnc(-c2cc(Cl)cc(Cl)c2Cl)nc1. The Balaban J connectivity index is 2.52. The van der Waals surface area contributed by atoms with Gasteiger partial charge in [0.05, 0.1) is 15.6 Å². The zero-order chi connectivity index (χ0) is 13.3. The maximum absolute atomic E-state index is 10.7. The molecule has 7 heteroatoms. The first kappa shape index (κ1) is 13.1. The van der Waals surface area contributed by atoms with Crippen molar-refractivity contribution in [1.82, 2.24) is 9.97 Å². The number of benzene rings is 1. The number of aromatic nitrogens is 2. The molecule has 0 aliphatic carbocycles. The topological polar surface area (TPSA) is 63.1 Å². The van der Waals surface area contributed by atoms with Crippen molar-refractivity contribution in [3.63, 3.8) is 0 Å². The Morgan fingerprint density at radius 1 is 1.11 bits per heavy atom. The first-order valence-electron chi connectivity index (χ1n) is 4.69. The molecule has 0 unspecified atom stereocenters. The van der Waals surface area contributed by atoms with Gasteiger partial charge in [-0.2, -0.15) is 0 Å². The van der Waals surface area contributed by atoms with Crippen LogP contribution in [0.15, 0.2) is 24.5 Å². The van der Waals surface area contributed by atoms with Crippen molar-refractivity contribution in [3.8, 4) is 11.4 Å². The van der Waals surface area contributed by atoms with Crippen LogP contribution in [0.1, 0.15) is 10.4 Å². The molecule has 0 aliphatic rings. The Hall–Kier alpha value is -1.36. The van der Waals surface area contributed by atoms with Crippen molar-refractivity contribution in [2.24, 2.45) is 0 Å². The zero-order valence-electron chi connectivity index (χ0n) is 8.69. The number of hydrogen-bond donors (Lipinski definition) is 1. The van der Waals surface area contributed by atoms with Crippen molar-refractivity contribution in [3.05, 3.63) is 45.2 Å². The van der Waals surface area contributed by atoms with Crippen LogP contribution in [0.2, 0.25) is 15.1 Å². The summed E-state index contributed by atoms with van der Waals surface area (Å²) in [5.41, 5.74) is 0.439. The lowest BCUT2D eigenvalue weighted by molar-refractivity contribution is 0.0696. The molecule has 0 aliphatic heterocycles. The molecule has 0 bridgehead atoms. The summed E-state index contributed by atoms with van der Waals surface area (Å²) in [6, 6.07) is 3.06. The van der Waals surface area contributed by atoms with Crippen molar-refractivity contribution in [2.45, 2.75) is 0 Å². The monoisotopic (exact) mass is 302 g/mol. The van der Waals surface area contributed by atoms with E-state index < -0.39 is 5.97 Å². The lowest BCUT2D eigenvalue weighted by Gasteiger charge is -2.05. The van der Waals surface area contributed by atoms with E-state index in [9.17, 15) is 4.79 Å². The molecule has 0 saturated carbocycles. The van der Waals surface area contributed by atoms with Gasteiger partial charge in [-0.1, -0.05) is 34.8 Å². The highest BCUT2D eigenvalue weighted by molar-refractivity contribution is 6.44. The highest BCUT2D eigenvalue weighted by Crippen LogP contribution is 2.34. The van der Waals surface area contributed by atoms with Crippen LogP contribution in [0.4, 0.5) is 0 Å². The number of halogens is 3. The summed E-state index contributed by atoms with van der Waals surface area (Å²) in [7, 11) is 0. The summed E-state index contributed by atoms with van der Waals surface area (Å²) in [5.74, 6) is -0.842. The van der Waals surface area contributed by atoms with Crippen LogP contribution in [-0.2, 0) is 0 Å². The molecule has 2 rings (SSSR count). The standard InChI is InChI=1S/C11H5Cl3N2O2/c12-6-1-7(9(14)8(13)2-6)10-15-3-5(4-16-10)11(17)18/h1-4H,(H,17,18). The molecule has 1 N–H and O–H groups in total. The quantitative estimate of drug-likeness (QED) is 0.857. The highest BCUT2D eigenvalue weighted by atomic mass is 35.5. The number of rotatable bonds is 2. The average Bonchev–Trinajstić information content (AvgIpc) is 2.34. The van der Waals surface area contributed by atoms with Gasteiger partial charge >= 0.3 is 5.97 Å². The molecule has 0 saturated heterocycles. The van der Waals surface area contributed by atoms with Crippen LogP contribution < -0.4 is 0 Å². The van der Waals surface area contributed by atoms with Crippen LogP contribution in [0.3, 0.4) is 0 Å². The number of carboxylic acids is 1. The molecule has 0 fully saturated rings. The van der Waals surface area contributed by atoms with E-state index in [0.717, 1.165) is 0 Å². The Bertz CT molecular complexity index is 614. The Morgan fingerprint density at radius 2 is 1.72 bits per heavy atom. The first-order chi connectivity index (χ1) is 8.49. The van der Waals surface area contributed by atoms with Crippen LogP contribution in [0, 0.1) is 0 Å². The van der Waals surface area contributed by atoms with Crippen molar-refractivity contribution in [2.75, 3.05) is 0 Å². The largest absolute Gasteiger partial charge is 0.478 e. The molecule has 0 amide bonds. The van der Waals surface area contributed by atoms with Gasteiger partial charge < -0.3 is 5.11 Å². The second kappa shape index (κ2) is 5.10. The molecule has 92 valence electrons. The summed E-state index contributed by atoms with van der Waals surface area (Å²) in [6.45, 7) is 0. The summed E-state index contributed by atoms with van der Waals surface area (Å²) in [4.78, 5) is 18.5. The minimum Gasteiger partial charge on any atom is -0.478 e. The molecular weight excluding hydrogens is 298 g/mol. The van der Waals surface area contributed by atoms with Gasteiger partial charge in [0.2, 0.25) is 0 Å². The van der Waals surface area contributed by atoms with Crippen LogP contribution in [0.5, 0.6) is 0 Å². The van der Waals surface area contributed by atoms with E-state index in [1.54, 1.807) is 6.07 Å². The third-order valence-electron chi connectivity index (χ3n) is 2.13. The van der Waals surface area contributed by atoms with Crippen molar-refractivity contribution < 1.29 is 9.90 Å². The zero-order valence-corrected chi connectivity index (χ0v) is 11.0. The van der Waals surface area contributed by atoms with E-state index >= 15 is 0 Å². The van der Waals surface area contributed by atoms with Gasteiger partial charge in [-0.15, -0.1) is 0 Å². The molecular formula is C11H5Cl3N2O2. The van der Waals surface area contributed by atoms with Crippen LogP contribution >= 0.6 is 34.8 Å². The second-order valence-electron chi connectivity index (χ2n) is 3.35. The lowest BCUT2D eigenvalue weighted by atomic mass is 10.2. The fourth-order valence-electron chi connectivity index (χ4n) is 1.30. The lowest BCUT2D eigenvalue weighted by Crippen LogP contribution is -1.99. The first-order valence-corrected chi connectivity index (χ1v) is 5.82. The molecule has 1 aromatic heterocycles. The number of aromatic carboxylic acids is 1. The van der Waals surface area contributed by atoms with Crippen LogP contribution in [-0.4, -0.2) is 21.0 Å². The van der Waals surface area contributed by atoms with Crippen molar-refractivity contribution >= 4 is 40.8 Å². The summed E-state index contributed by atoms with van der Waals surface area (Å²) in [5, 5.41) is 9.68. The predicted molar refractivity (Wildman–Crippen MR) is 69.5 cm³/mol. The summed E-state index contributed by atoms with van der Waals surface area (Å²) < 4.78 is 0. The molecule has 1 heterocycles. The van der Waals surface area contributed by atoms with Gasteiger partial charge in [-0.05, 0) is 12.1 Å². The molecule has 4 nitrogen and oxygen atoms in total. The maximum atomic E-state index is 10.7. The van der Waals surface area contributed by atoms with Gasteiger partial charge in [-0.3, -0.25) is 0 Å². The third kappa shape index (κ3) is 2.56. The molecule has 0 atom stereocenters. The van der Waals surface area contributed by atoms with E-state index in [0.29, 0.717) is 10.6 Å². The number of carboxylic acid groups (broad SMARTS) is 1. The molecule has 0 spiro atoms. The number of carbonyl (C=O) groups is 1. The minimum absolute atomic E-state index is 0.0111. The minimum atomic E-state index is -1.10. The van der Waals surface area contributed by atoms with E-state index in [1.807, 2.05) is 0 Å². The molecule has 18 heavy (non-hydrogen) atoms. The van der Waals surface area contributed by atoms with Gasteiger partial charge in [0, 0.05) is 23.0 Å². The van der Waals surface area contributed by atoms with E-state index in [1.165, 1.54) is 18.5 Å². The van der Waals surface area contributed by atoms with Gasteiger partial charge in [0.15, 0.2) is 5.82 Å². The Morgan fingerprint density at radius 3 is 2.28 bits per heavy atom. The summed E-state index contributed by atoms with van der Waals surface area (Å²) >= 11 is 17.8. The Kier molecular flexibility index (Phi) is 3.71. The molecule has 0 radical (unpaired) electrons. The third-order valence-corrected chi connectivity index (χ3v) is 3.15. The number of nitrogens with zero attached hydrogens (tertiary/aromatic N) is 2. The summed E-state index contributed by atoms with van der Waals surface area (Å²) in [6.07, 6.45) is 2.38. The van der Waals surface area contributed by atoms with Crippen LogP contribution in [0.25, 0.3) is 11.4 Å². The molecule has 1 aromatic carbocycles. The number of hydrogen-bond acceptors (Lipinski definition) is 3. The van der Waals surface area contributed by atoms with Gasteiger partial charge in [0.25, 0.3) is 0 Å². The highest BCUT2D eigenvalue weighted by Gasteiger charge is 2.12. The maximum Gasteiger partial charge on any atom is 0.338 e. The van der Waals surface area contributed by atoms with Crippen molar-refractivity contribution in [1.29, 1.82) is 0 Å². The average molecular weight is 304 g/mol. The van der Waals surface area contributed by atoms with E-state index in [-0.39, 0.29) is 21.4 Å². The predicted octanol–water partition coefficient (Wildman–Crippen LogP) is 3.80. The van der Waals surface area contributed by atoms with Gasteiger partial charge in [0.1, 0.15) is 0 Å². The Labute approximate surface area is 117 Å². The molecule has 2 aromatic rings. The smallest absolute Gasteiger partial charge is 0.338 e. The fraction of sp³-hybridized carbons (Fsp3) is 0. The normalized spacial score (nSPS) is 10.4. The van der Waals surface area contributed by atoms with E-state index in [4.69, 9.17) is 39.9 Å².